The van der Waals surface area contributed by atoms with Crippen LogP contribution in [0.1, 0.15) is 13.8 Å². The van der Waals surface area contributed by atoms with E-state index in [1.807, 2.05) is 26.0 Å². The number of halogens is 2. The van der Waals surface area contributed by atoms with Crippen LogP contribution < -0.4 is 21.3 Å². The molecular formula is C12H14BrClN6O. The van der Waals surface area contributed by atoms with Crippen LogP contribution in [0.2, 0.25) is 5.02 Å². The van der Waals surface area contributed by atoms with Gasteiger partial charge in [0.15, 0.2) is 0 Å². The maximum absolute atomic E-state index is 6.12. The molecular weight excluding hydrogens is 360 g/mol. The minimum Gasteiger partial charge on any atom is -0.461 e. The Morgan fingerprint density at radius 3 is 2.62 bits per heavy atom. The minimum atomic E-state index is -0.0691. The lowest BCUT2D eigenvalue weighted by Crippen LogP contribution is -2.15. The molecule has 1 aromatic heterocycles. The maximum Gasteiger partial charge on any atom is 0.323 e. The lowest BCUT2D eigenvalue weighted by Gasteiger charge is -2.12. The first-order valence-corrected chi connectivity index (χ1v) is 7.26. The largest absolute Gasteiger partial charge is 0.461 e. The second-order valence-electron chi connectivity index (χ2n) is 4.33. The van der Waals surface area contributed by atoms with E-state index in [1.165, 1.54) is 0 Å². The number of nitrogen functional groups attached to an aromatic ring is 1. The van der Waals surface area contributed by atoms with E-state index in [9.17, 15) is 0 Å². The molecule has 0 saturated carbocycles. The van der Waals surface area contributed by atoms with E-state index in [-0.39, 0.29) is 24.0 Å². The highest BCUT2D eigenvalue weighted by atomic mass is 79.9. The first kappa shape index (κ1) is 15.7. The number of ether oxygens (including phenoxy) is 1. The van der Waals surface area contributed by atoms with Crippen LogP contribution in [0.4, 0.5) is 17.6 Å². The molecule has 0 fully saturated rings. The van der Waals surface area contributed by atoms with Gasteiger partial charge in [0.1, 0.15) is 0 Å². The van der Waals surface area contributed by atoms with Crippen molar-refractivity contribution >= 4 is 45.1 Å². The van der Waals surface area contributed by atoms with Gasteiger partial charge in [-0.05, 0) is 32.0 Å². The number of nitrogens with zero attached hydrogens (tertiary/aromatic N) is 3. The zero-order valence-electron chi connectivity index (χ0n) is 11.4. The highest BCUT2D eigenvalue weighted by Gasteiger charge is 2.10. The molecule has 112 valence electrons. The molecule has 1 aromatic carbocycles. The lowest BCUT2D eigenvalue weighted by molar-refractivity contribution is 0.222. The SMILES string of the molecule is CC(C)Oc1nc(NN)nc(Nc2cc(Br)ccc2Cl)n1. The Labute approximate surface area is 135 Å². The van der Waals surface area contributed by atoms with Crippen LogP contribution in [0, 0.1) is 0 Å². The number of nitrogens with one attached hydrogen (secondary N) is 2. The molecule has 0 saturated heterocycles. The summed E-state index contributed by atoms with van der Waals surface area (Å²) in [6, 6.07) is 5.57. The lowest BCUT2D eigenvalue weighted by atomic mass is 10.3. The Hall–Kier alpha value is -1.64. The summed E-state index contributed by atoms with van der Waals surface area (Å²) in [6.07, 6.45) is -0.0691. The second-order valence-corrected chi connectivity index (χ2v) is 5.65. The van der Waals surface area contributed by atoms with Crippen LogP contribution >= 0.6 is 27.5 Å². The first-order valence-electron chi connectivity index (χ1n) is 6.09. The van der Waals surface area contributed by atoms with Gasteiger partial charge in [-0.25, -0.2) is 5.84 Å². The molecule has 0 amide bonds. The fourth-order valence-corrected chi connectivity index (χ4v) is 1.98. The summed E-state index contributed by atoms with van der Waals surface area (Å²) >= 11 is 9.49. The molecule has 9 heteroatoms. The van der Waals surface area contributed by atoms with Crippen LogP contribution in [0.5, 0.6) is 6.01 Å². The summed E-state index contributed by atoms with van der Waals surface area (Å²) in [5, 5.41) is 3.54. The number of rotatable bonds is 5. The van der Waals surface area contributed by atoms with Gasteiger partial charge in [0, 0.05) is 4.47 Å². The Balaban J connectivity index is 2.32. The third-order valence-corrected chi connectivity index (χ3v) is 3.08. The van der Waals surface area contributed by atoms with Crippen molar-refractivity contribution in [2.75, 3.05) is 10.7 Å². The summed E-state index contributed by atoms with van der Waals surface area (Å²) in [5.74, 6) is 5.81. The molecule has 0 bridgehead atoms. The fourth-order valence-electron chi connectivity index (χ4n) is 1.45. The third kappa shape index (κ3) is 4.42. The number of hydrogen-bond donors (Lipinski definition) is 3. The van der Waals surface area contributed by atoms with Crippen LogP contribution in [0.3, 0.4) is 0 Å². The zero-order chi connectivity index (χ0) is 15.4. The maximum atomic E-state index is 6.12. The van der Waals surface area contributed by atoms with Gasteiger partial charge in [-0.3, -0.25) is 5.43 Å². The Morgan fingerprint density at radius 2 is 1.95 bits per heavy atom. The molecule has 2 rings (SSSR count). The molecule has 0 spiro atoms. The van der Waals surface area contributed by atoms with Crippen LogP contribution in [-0.2, 0) is 0 Å². The van der Waals surface area contributed by atoms with Crippen molar-refractivity contribution < 1.29 is 4.74 Å². The van der Waals surface area contributed by atoms with Crippen LogP contribution in [0.25, 0.3) is 0 Å². The van der Waals surface area contributed by atoms with Crippen LogP contribution in [-0.4, -0.2) is 21.1 Å². The van der Waals surface area contributed by atoms with E-state index in [0.29, 0.717) is 10.7 Å². The predicted molar refractivity (Wildman–Crippen MR) is 85.8 cm³/mol. The molecule has 0 aliphatic heterocycles. The average molecular weight is 374 g/mol. The summed E-state index contributed by atoms with van der Waals surface area (Å²) in [6.45, 7) is 3.75. The van der Waals surface area contributed by atoms with Crippen molar-refractivity contribution in [3.63, 3.8) is 0 Å². The molecule has 0 aliphatic carbocycles. The van der Waals surface area contributed by atoms with Crippen molar-refractivity contribution in [3.05, 3.63) is 27.7 Å². The van der Waals surface area contributed by atoms with Crippen molar-refractivity contribution in [3.8, 4) is 6.01 Å². The molecule has 21 heavy (non-hydrogen) atoms. The normalized spacial score (nSPS) is 10.6. The molecule has 0 unspecified atom stereocenters. The second kappa shape index (κ2) is 6.88. The number of aromatic nitrogens is 3. The quantitative estimate of drug-likeness (QED) is 0.547. The predicted octanol–water partition coefficient (Wildman–Crippen LogP) is 3.10. The monoisotopic (exact) mass is 372 g/mol. The number of benzene rings is 1. The van der Waals surface area contributed by atoms with Crippen molar-refractivity contribution in [2.45, 2.75) is 20.0 Å². The van der Waals surface area contributed by atoms with Crippen molar-refractivity contribution in [1.82, 2.24) is 15.0 Å². The van der Waals surface area contributed by atoms with Crippen LogP contribution in [0.15, 0.2) is 22.7 Å². The van der Waals surface area contributed by atoms with Gasteiger partial charge < -0.3 is 10.1 Å². The molecule has 4 N–H and O–H groups in total. The van der Waals surface area contributed by atoms with E-state index < -0.39 is 0 Å². The molecule has 0 radical (unpaired) electrons. The number of hydrazine groups is 1. The van der Waals surface area contributed by atoms with E-state index in [1.54, 1.807) is 6.07 Å². The molecule has 0 atom stereocenters. The zero-order valence-corrected chi connectivity index (χ0v) is 13.7. The Morgan fingerprint density at radius 1 is 1.24 bits per heavy atom. The summed E-state index contributed by atoms with van der Waals surface area (Å²) < 4.78 is 6.32. The standard InChI is InChI=1S/C12H14BrClN6O/c1-6(2)21-12-18-10(17-11(19-12)20-15)16-9-5-7(13)3-4-8(9)14/h3-6H,15H2,1-2H3,(H2,16,17,18,19,20). The average Bonchev–Trinajstić information content (AvgIpc) is 2.42. The number of nitrogens with two attached hydrogens (primary N) is 1. The number of anilines is 3. The number of hydrogen-bond acceptors (Lipinski definition) is 7. The third-order valence-electron chi connectivity index (χ3n) is 2.26. The molecule has 7 nitrogen and oxygen atoms in total. The van der Waals surface area contributed by atoms with Gasteiger partial charge in [0.05, 0.1) is 16.8 Å². The summed E-state index contributed by atoms with van der Waals surface area (Å²) in [7, 11) is 0. The first-order chi connectivity index (χ1) is 9.97. The minimum absolute atomic E-state index is 0.0691. The van der Waals surface area contributed by atoms with E-state index in [0.717, 1.165) is 4.47 Å². The topological polar surface area (TPSA) is 98.0 Å². The Kier molecular flexibility index (Phi) is 5.16. The highest BCUT2D eigenvalue weighted by Crippen LogP contribution is 2.28. The van der Waals surface area contributed by atoms with Crippen molar-refractivity contribution in [1.29, 1.82) is 0 Å². The van der Waals surface area contributed by atoms with E-state index >= 15 is 0 Å². The van der Waals surface area contributed by atoms with Gasteiger partial charge in [0.2, 0.25) is 11.9 Å². The highest BCUT2D eigenvalue weighted by molar-refractivity contribution is 9.10. The van der Waals surface area contributed by atoms with Gasteiger partial charge in [0.25, 0.3) is 0 Å². The van der Waals surface area contributed by atoms with E-state index in [4.69, 9.17) is 22.2 Å². The Bertz CT molecular complexity index is 639. The fraction of sp³-hybridized carbons (Fsp3) is 0.250. The molecule has 2 aromatic rings. The summed E-state index contributed by atoms with van der Waals surface area (Å²) in [4.78, 5) is 12.3. The van der Waals surface area contributed by atoms with Crippen molar-refractivity contribution in [2.24, 2.45) is 5.84 Å². The van der Waals surface area contributed by atoms with E-state index in [2.05, 4.69) is 41.6 Å². The van der Waals surface area contributed by atoms with Gasteiger partial charge in [-0.1, -0.05) is 27.5 Å². The van der Waals surface area contributed by atoms with Gasteiger partial charge >= 0.3 is 6.01 Å². The van der Waals surface area contributed by atoms with Gasteiger partial charge in [-0.15, -0.1) is 0 Å². The van der Waals surface area contributed by atoms with Gasteiger partial charge in [-0.2, -0.15) is 15.0 Å². The molecule has 0 aliphatic rings. The smallest absolute Gasteiger partial charge is 0.323 e. The molecule has 1 heterocycles. The summed E-state index contributed by atoms with van der Waals surface area (Å²) in [5.41, 5.74) is 3.02.